The van der Waals surface area contributed by atoms with Crippen molar-refractivity contribution in [3.8, 4) is 5.75 Å². The maximum Gasteiger partial charge on any atom is 0.122 e. The fourth-order valence-corrected chi connectivity index (χ4v) is 3.14. The predicted molar refractivity (Wildman–Crippen MR) is 74.6 cm³/mol. The monoisotopic (exact) mass is 268 g/mol. The van der Waals surface area contributed by atoms with Gasteiger partial charge in [0.1, 0.15) is 5.75 Å². The first-order valence-corrected chi connectivity index (χ1v) is 6.96. The van der Waals surface area contributed by atoms with Crippen LogP contribution in [0.3, 0.4) is 0 Å². The molecule has 2 rings (SSSR count). The molecular formula is C15H21ClO2. The van der Waals surface area contributed by atoms with Gasteiger partial charge in [-0.05, 0) is 38.3 Å². The summed E-state index contributed by atoms with van der Waals surface area (Å²) in [4.78, 5) is 0. The topological polar surface area (TPSA) is 18.5 Å². The van der Waals surface area contributed by atoms with Gasteiger partial charge in [0.25, 0.3) is 0 Å². The van der Waals surface area contributed by atoms with Crippen LogP contribution < -0.4 is 4.74 Å². The van der Waals surface area contributed by atoms with Crippen LogP contribution in [0, 0.1) is 12.3 Å². The summed E-state index contributed by atoms with van der Waals surface area (Å²) >= 11 is 6.22. The van der Waals surface area contributed by atoms with Gasteiger partial charge in [0.2, 0.25) is 0 Å². The van der Waals surface area contributed by atoms with Crippen molar-refractivity contribution in [1.82, 2.24) is 0 Å². The minimum atomic E-state index is 0.0443. The summed E-state index contributed by atoms with van der Waals surface area (Å²) in [5.74, 6) is 1.58. The second-order valence-corrected chi connectivity index (χ2v) is 5.52. The SMILES string of the molecule is COc1ccc(C)cc1CC1(CCl)CCOC1C. The Hall–Kier alpha value is -0.730. The smallest absolute Gasteiger partial charge is 0.122 e. The molecule has 1 aromatic rings. The molecule has 3 heteroatoms. The lowest BCUT2D eigenvalue weighted by atomic mass is 9.77. The van der Waals surface area contributed by atoms with E-state index < -0.39 is 0 Å². The third-order valence-electron chi connectivity index (χ3n) is 4.07. The van der Waals surface area contributed by atoms with E-state index in [1.165, 1.54) is 11.1 Å². The molecule has 1 fully saturated rings. The van der Waals surface area contributed by atoms with Gasteiger partial charge >= 0.3 is 0 Å². The fraction of sp³-hybridized carbons (Fsp3) is 0.600. The zero-order chi connectivity index (χ0) is 13.2. The van der Waals surface area contributed by atoms with Crippen LogP contribution in [0.1, 0.15) is 24.5 Å². The number of aryl methyl sites for hydroxylation is 1. The summed E-state index contributed by atoms with van der Waals surface area (Å²) in [6.45, 7) is 5.03. The van der Waals surface area contributed by atoms with Crippen molar-refractivity contribution in [2.75, 3.05) is 19.6 Å². The van der Waals surface area contributed by atoms with E-state index in [4.69, 9.17) is 21.1 Å². The molecule has 0 radical (unpaired) electrons. The number of ether oxygens (including phenoxy) is 2. The summed E-state index contributed by atoms with van der Waals surface area (Å²) in [5, 5.41) is 0. The molecule has 100 valence electrons. The quantitative estimate of drug-likeness (QED) is 0.777. The van der Waals surface area contributed by atoms with Crippen LogP contribution in [0.2, 0.25) is 0 Å². The molecule has 0 aliphatic carbocycles. The molecule has 1 saturated heterocycles. The third-order valence-corrected chi connectivity index (χ3v) is 4.61. The van der Waals surface area contributed by atoms with E-state index in [2.05, 4.69) is 26.0 Å². The van der Waals surface area contributed by atoms with Gasteiger partial charge in [0.05, 0.1) is 13.2 Å². The molecule has 18 heavy (non-hydrogen) atoms. The maximum atomic E-state index is 6.22. The Labute approximate surface area is 114 Å². The minimum absolute atomic E-state index is 0.0443. The summed E-state index contributed by atoms with van der Waals surface area (Å²) in [6.07, 6.45) is 2.15. The van der Waals surface area contributed by atoms with Crippen LogP contribution >= 0.6 is 11.6 Å². The number of hydrogen-bond donors (Lipinski definition) is 0. The Balaban J connectivity index is 2.29. The Bertz CT molecular complexity index is 419. The third kappa shape index (κ3) is 2.50. The van der Waals surface area contributed by atoms with Crippen molar-refractivity contribution in [2.45, 2.75) is 32.8 Å². The van der Waals surface area contributed by atoms with Crippen LogP contribution in [0.15, 0.2) is 18.2 Å². The van der Waals surface area contributed by atoms with E-state index in [1.54, 1.807) is 7.11 Å². The lowest BCUT2D eigenvalue weighted by molar-refractivity contribution is 0.0733. The fourth-order valence-electron chi connectivity index (χ4n) is 2.70. The van der Waals surface area contributed by atoms with Gasteiger partial charge in [-0.3, -0.25) is 0 Å². The molecule has 2 unspecified atom stereocenters. The molecule has 0 bridgehead atoms. The molecule has 1 heterocycles. The molecule has 2 nitrogen and oxygen atoms in total. The zero-order valence-corrected chi connectivity index (χ0v) is 12.1. The molecule has 1 aliphatic heterocycles. The predicted octanol–water partition coefficient (Wildman–Crippen LogP) is 3.58. The van der Waals surface area contributed by atoms with E-state index in [0.29, 0.717) is 5.88 Å². The molecule has 0 aromatic heterocycles. The highest BCUT2D eigenvalue weighted by atomic mass is 35.5. The average Bonchev–Trinajstić information content (AvgIpc) is 2.72. The van der Waals surface area contributed by atoms with E-state index in [9.17, 15) is 0 Å². The van der Waals surface area contributed by atoms with E-state index in [-0.39, 0.29) is 11.5 Å². The average molecular weight is 269 g/mol. The summed E-state index contributed by atoms with van der Waals surface area (Å²) < 4.78 is 11.2. The highest BCUT2D eigenvalue weighted by molar-refractivity contribution is 6.18. The van der Waals surface area contributed by atoms with Crippen molar-refractivity contribution in [3.63, 3.8) is 0 Å². The number of hydrogen-bond acceptors (Lipinski definition) is 2. The largest absolute Gasteiger partial charge is 0.496 e. The summed E-state index contributed by atoms with van der Waals surface area (Å²) in [5.41, 5.74) is 2.53. The van der Waals surface area contributed by atoms with Gasteiger partial charge < -0.3 is 9.47 Å². The van der Waals surface area contributed by atoms with Gasteiger partial charge in [0.15, 0.2) is 0 Å². The Morgan fingerprint density at radius 3 is 2.83 bits per heavy atom. The Morgan fingerprint density at radius 1 is 1.50 bits per heavy atom. The maximum absolute atomic E-state index is 6.22. The van der Waals surface area contributed by atoms with Crippen LogP contribution in [-0.4, -0.2) is 25.7 Å². The Kier molecular flexibility index (Phi) is 4.18. The van der Waals surface area contributed by atoms with Gasteiger partial charge in [-0.2, -0.15) is 0 Å². The molecule has 1 aliphatic rings. The summed E-state index contributed by atoms with van der Waals surface area (Å²) in [7, 11) is 1.72. The van der Waals surface area contributed by atoms with E-state index >= 15 is 0 Å². The lowest BCUT2D eigenvalue weighted by Crippen LogP contribution is -2.33. The van der Waals surface area contributed by atoms with Crippen molar-refractivity contribution in [3.05, 3.63) is 29.3 Å². The number of rotatable bonds is 4. The first-order valence-electron chi connectivity index (χ1n) is 6.42. The van der Waals surface area contributed by atoms with Gasteiger partial charge in [-0.1, -0.05) is 17.7 Å². The van der Waals surface area contributed by atoms with Crippen LogP contribution in [0.4, 0.5) is 0 Å². The van der Waals surface area contributed by atoms with Gasteiger partial charge in [-0.25, -0.2) is 0 Å². The van der Waals surface area contributed by atoms with E-state index in [1.807, 2.05) is 6.07 Å². The van der Waals surface area contributed by atoms with Gasteiger partial charge in [0, 0.05) is 17.9 Å². The minimum Gasteiger partial charge on any atom is -0.496 e. The van der Waals surface area contributed by atoms with Crippen LogP contribution in [0.5, 0.6) is 5.75 Å². The molecule has 1 aromatic carbocycles. The molecule has 0 saturated carbocycles. The first-order chi connectivity index (χ1) is 8.61. The molecular weight excluding hydrogens is 248 g/mol. The molecule has 0 N–H and O–H groups in total. The molecule has 2 atom stereocenters. The van der Waals surface area contributed by atoms with Crippen LogP contribution in [-0.2, 0) is 11.2 Å². The second kappa shape index (κ2) is 5.50. The number of methoxy groups -OCH3 is 1. The molecule has 0 spiro atoms. The zero-order valence-electron chi connectivity index (χ0n) is 11.3. The lowest BCUT2D eigenvalue weighted by Gasteiger charge is -2.30. The number of halogens is 1. The first kappa shape index (κ1) is 13.7. The van der Waals surface area contributed by atoms with Gasteiger partial charge in [-0.15, -0.1) is 11.6 Å². The highest BCUT2D eigenvalue weighted by Gasteiger charge is 2.41. The standard InChI is InChI=1S/C15H21ClO2/c1-11-4-5-14(17-3)13(8-11)9-15(10-16)6-7-18-12(15)2/h4-5,8,12H,6-7,9-10H2,1-3H3. The van der Waals surface area contributed by atoms with Crippen molar-refractivity contribution in [2.24, 2.45) is 5.41 Å². The van der Waals surface area contributed by atoms with E-state index in [0.717, 1.165) is 25.2 Å². The van der Waals surface area contributed by atoms with Crippen LogP contribution in [0.25, 0.3) is 0 Å². The number of alkyl halides is 1. The highest BCUT2D eigenvalue weighted by Crippen LogP contribution is 2.41. The van der Waals surface area contributed by atoms with Crippen molar-refractivity contribution < 1.29 is 9.47 Å². The van der Waals surface area contributed by atoms with Crippen molar-refractivity contribution in [1.29, 1.82) is 0 Å². The summed E-state index contributed by atoms with van der Waals surface area (Å²) in [6, 6.07) is 6.30. The molecule has 0 amide bonds. The number of benzene rings is 1. The normalized spacial score (nSPS) is 27.4. The Morgan fingerprint density at radius 2 is 2.28 bits per heavy atom. The van der Waals surface area contributed by atoms with Crippen molar-refractivity contribution >= 4 is 11.6 Å². The second-order valence-electron chi connectivity index (χ2n) is 5.25.